The Balaban J connectivity index is 1.97. The molecule has 2 aromatic carbocycles. The SMILES string of the molecule is Nc1ccc2[nH]nc(C(=O)Nc3cc(Br)ccc3F)c2c1. The lowest BCUT2D eigenvalue weighted by Crippen LogP contribution is -2.14. The van der Waals surface area contributed by atoms with E-state index in [0.29, 0.717) is 21.1 Å². The number of nitrogens with two attached hydrogens (primary N) is 1. The molecular formula is C14H10BrFN4O. The number of nitrogen functional groups attached to an aromatic ring is 1. The fourth-order valence-corrected chi connectivity index (χ4v) is 2.34. The number of H-pyrrole nitrogens is 1. The quantitative estimate of drug-likeness (QED) is 0.621. The van der Waals surface area contributed by atoms with Gasteiger partial charge in [0.1, 0.15) is 5.82 Å². The minimum Gasteiger partial charge on any atom is -0.399 e. The van der Waals surface area contributed by atoms with Crippen molar-refractivity contribution in [1.82, 2.24) is 10.2 Å². The first-order valence-corrected chi connectivity index (χ1v) is 6.84. The van der Waals surface area contributed by atoms with Gasteiger partial charge in [-0.25, -0.2) is 4.39 Å². The third kappa shape index (κ3) is 2.59. The van der Waals surface area contributed by atoms with E-state index in [9.17, 15) is 9.18 Å². The molecule has 5 nitrogen and oxygen atoms in total. The van der Waals surface area contributed by atoms with E-state index in [1.54, 1.807) is 24.3 Å². The maximum Gasteiger partial charge on any atom is 0.276 e. The number of fused-ring (bicyclic) bond motifs is 1. The summed E-state index contributed by atoms with van der Waals surface area (Å²) < 4.78 is 14.3. The van der Waals surface area contributed by atoms with E-state index in [-0.39, 0.29) is 11.4 Å². The Hall–Kier alpha value is -2.41. The third-order valence-corrected chi connectivity index (χ3v) is 3.47. The highest BCUT2D eigenvalue weighted by atomic mass is 79.9. The maximum absolute atomic E-state index is 13.7. The van der Waals surface area contributed by atoms with Crippen LogP contribution in [0.2, 0.25) is 0 Å². The number of carbonyl (C=O) groups is 1. The summed E-state index contributed by atoms with van der Waals surface area (Å²) in [5, 5.41) is 9.78. The highest BCUT2D eigenvalue weighted by Crippen LogP contribution is 2.23. The van der Waals surface area contributed by atoms with E-state index >= 15 is 0 Å². The van der Waals surface area contributed by atoms with E-state index in [2.05, 4.69) is 31.4 Å². The average Bonchev–Trinajstić information content (AvgIpc) is 2.85. The third-order valence-electron chi connectivity index (χ3n) is 2.98. The number of anilines is 2. The summed E-state index contributed by atoms with van der Waals surface area (Å²) >= 11 is 3.23. The molecule has 0 aliphatic rings. The monoisotopic (exact) mass is 348 g/mol. The van der Waals surface area contributed by atoms with Gasteiger partial charge in [0.2, 0.25) is 0 Å². The number of hydrogen-bond donors (Lipinski definition) is 3. The number of carbonyl (C=O) groups excluding carboxylic acids is 1. The van der Waals surface area contributed by atoms with Crippen LogP contribution >= 0.6 is 15.9 Å². The molecule has 7 heteroatoms. The number of benzene rings is 2. The molecule has 1 amide bonds. The van der Waals surface area contributed by atoms with Crippen LogP contribution in [0.5, 0.6) is 0 Å². The molecule has 21 heavy (non-hydrogen) atoms. The first kappa shape index (κ1) is 13.6. The number of aromatic amines is 1. The van der Waals surface area contributed by atoms with Gasteiger partial charge in [-0.05, 0) is 36.4 Å². The molecular weight excluding hydrogens is 339 g/mol. The Morgan fingerprint density at radius 1 is 1.29 bits per heavy atom. The van der Waals surface area contributed by atoms with Gasteiger partial charge in [0.05, 0.1) is 11.2 Å². The smallest absolute Gasteiger partial charge is 0.276 e. The Kier molecular flexibility index (Phi) is 3.34. The van der Waals surface area contributed by atoms with Gasteiger partial charge in [-0.3, -0.25) is 9.89 Å². The molecule has 0 atom stereocenters. The lowest BCUT2D eigenvalue weighted by atomic mass is 10.2. The molecule has 4 N–H and O–H groups in total. The standard InChI is InChI=1S/C14H10BrFN4O/c15-7-1-3-10(16)12(5-7)18-14(21)13-9-6-8(17)2-4-11(9)19-20-13/h1-6H,17H2,(H,18,21)(H,19,20). The minimum atomic E-state index is -0.522. The van der Waals surface area contributed by atoms with Crippen LogP contribution < -0.4 is 11.1 Å². The topological polar surface area (TPSA) is 83.8 Å². The average molecular weight is 349 g/mol. The highest BCUT2D eigenvalue weighted by molar-refractivity contribution is 9.10. The largest absolute Gasteiger partial charge is 0.399 e. The second-order valence-electron chi connectivity index (χ2n) is 4.46. The summed E-state index contributed by atoms with van der Waals surface area (Å²) in [4.78, 5) is 12.2. The van der Waals surface area contributed by atoms with Crippen LogP contribution in [0.15, 0.2) is 40.9 Å². The molecule has 0 spiro atoms. The molecule has 1 aromatic heterocycles. The van der Waals surface area contributed by atoms with Crippen molar-refractivity contribution in [2.75, 3.05) is 11.1 Å². The van der Waals surface area contributed by atoms with E-state index in [4.69, 9.17) is 5.73 Å². The maximum atomic E-state index is 13.7. The van der Waals surface area contributed by atoms with Gasteiger partial charge < -0.3 is 11.1 Å². The zero-order chi connectivity index (χ0) is 15.0. The van der Waals surface area contributed by atoms with Crippen molar-refractivity contribution in [2.24, 2.45) is 0 Å². The van der Waals surface area contributed by atoms with E-state index in [1.165, 1.54) is 12.1 Å². The van der Waals surface area contributed by atoms with Crippen LogP contribution in [0.4, 0.5) is 15.8 Å². The van der Waals surface area contributed by atoms with Gasteiger partial charge in [0, 0.05) is 15.5 Å². The molecule has 0 radical (unpaired) electrons. The number of amides is 1. The normalized spacial score (nSPS) is 10.8. The predicted molar refractivity (Wildman–Crippen MR) is 82.6 cm³/mol. The number of nitrogens with one attached hydrogen (secondary N) is 2. The molecule has 3 aromatic rings. The van der Waals surface area contributed by atoms with Crippen LogP contribution in [0.1, 0.15) is 10.5 Å². The lowest BCUT2D eigenvalue weighted by Gasteiger charge is -2.05. The molecule has 106 valence electrons. The molecule has 0 fully saturated rings. The van der Waals surface area contributed by atoms with Crippen LogP contribution in [0, 0.1) is 5.82 Å². The van der Waals surface area contributed by atoms with Gasteiger partial charge in [-0.2, -0.15) is 5.10 Å². The van der Waals surface area contributed by atoms with Crippen LogP contribution in [-0.4, -0.2) is 16.1 Å². The zero-order valence-corrected chi connectivity index (χ0v) is 12.2. The number of nitrogens with zero attached hydrogens (tertiary/aromatic N) is 1. The Bertz CT molecular complexity index is 846. The van der Waals surface area contributed by atoms with Crippen molar-refractivity contribution in [3.05, 3.63) is 52.4 Å². The van der Waals surface area contributed by atoms with E-state index in [0.717, 1.165) is 0 Å². The molecule has 0 saturated heterocycles. The Morgan fingerprint density at radius 3 is 2.90 bits per heavy atom. The first-order valence-electron chi connectivity index (χ1n) is 6.04. The van der Waals surface area contributed by atoms with Gasteiger partial charge in [0.15, 0.2) is 5.69 Å². The first-order chi connectivity index (χ1) is 10.0. The lowest BCUT2D eigenvalue weighted by molar-refractivity contribution is 0.102. The van der Waals surface area contributed by atoms with Crippen molar-refractivity contribution < 1.29 is 9.18 Å². The van der Waals surface area contributed by atoms with Gasteiger partial charge in [-0.15, -0.1) is 0 Å². The van der Waals surface area contributed by atoms with Crippen LogP contribution in [-0.2, 0) is 0 Å². The second kappa shape index (κ2) is 5.17. The summed E-state index contributed by atoms with van der Waals surface area (Å²) in [5.41, 5.74) is 7.16. The molecule has 0 saturated carbocycles. The molecule has 0 aliphatic heterocycles. The fraction of sp³-hybridized carbons (Fsp3) is 0. The number of aromatic nitrogens is 2. The Labute approximate surface area is 127 Å². The Morgan fingerprint density at radius 2 is 2.10 bits per heavy atom. The second-order valence-corrected chi connectivity index (χ2v) is 5.37. The van der Waals surface area contributed by atoms with Gasteiger partial charge in [0.25, 0.3) is 5.91 Å². The van der Waals surface area contributed by atoms with Crippen LogP contribution in [0.3, 0.4) is 0 Å². The summed E-state index contributed by atoms with van der Waals surface area (Å²) in [6.45, 7) is 0. The molecule has 1 heterocycles. The van der Waals surface area contributed by atoms with Crippen molar-refractivity contribution in [3.63, 3.8) is 0 Å². The fourth-order valence-electron chi connectivity index (χ4n) is 1.98. The number of halogens is 2. The summed E-state index contributed by atoms with van der Waals surface area (Å²) in [7, 11) is 0. The number of rotatable bonds is 2. The predicted octanol–water partition coefficient (Wildman–Crippen LogP) is 3.30. The minimum absolute atomic E-state index is 0.0782. The summed E-state index contributed by atoms with van der Waals surface area (Å²) in [5.74, 6) is -1.03. The summed E-state index contributed by atoms with van der Waals surface area (Å²) in [6.07, 6.45) is 0. The zero-order valence-electron chi connectivity index (χ0n) is 10.7. The van der Waals surface area contributed by atoms with Crippen molar-refractivity contribution in [1.29, 1.82) is 0 Å². The number of hydrogen-bond acceptors (Lipinski definition) is 3. The summed E-state index contributed by atoms with van der Waals surface area (Å²) in [6, 6.07) is 9.38. The molecule has 0 unspecified atom stereocenters. The van der Waals surface area contributed by atoms with Crippen molar-refractivity contribution in [3.8, 4) is 0 Å². The van der Waals surface area contributed by atoms with Crippen LogP contribution in [0.25, 0.3) is 10.9 Å². The van der Waals surface area contributed by atoms with E-state index in [1.807, 2.05) is 0 Å². The molecule has 3 rings (SSSR count). The van der Waals surface area contributed by atoms with Crippen molar-refractivity contribution in [2.45, 2.75) is 0 Å². The van der Waals surface area contributed by atoms with Gasteiger partial charge >= 0.3 is 0 Å². The van der Waals surface area contributed by atoms with E-state index < -0.39 is 11.7 Å². The molecule has 0 bridgehead atoms. The van der Waals surface area contributed by atoms with Gasteiger partial charge in [-0.1, -0.05) is 15.9 Å². The van der Waals surface area contributed by atoms with Crippen molar-refractivity contribution >= 4 is 44.1 Å². The molecule has 0 aliphatic carbocycles. The highest BCUT2D eigenvalue weighted by Gasteiger charge is 2.16.